The number of nitrogens with two attached hydrogens (primary N) is 1. The molecule has 0 bridgehead atoms. The summed E-state index contributed by atoms with van der Waals surface area (Å²) in [6.07, 6.45) is 2.16. The van der Waals surface area contributed by atoms with Crippen LogP contribution in [0.2, 0.25) is 0 Å². The Morgan fingerprint density at radius 3 is 3.06 bits per heavy atom. The molecule has 18 heavy (non-hydrogen) atoms. The highest BCUT2D eigenvalue weighted by Gasteiger charge is 2.41. The lowest BCUT2D eigenvalue weighted by Gasteiger charge is -2.42. The molecule has 3 N–H and O–H groups in total. The summed E-state index contributed by atoms with van der Waals surface area (Å²) in [6.45, 7) is 2.51. The van der Waals surface area contributed by atoms with Gasteiger partial charge in [0.2, 0.25) is 12.1 Å². The Balaban J connectivity index is 2.13. The second kappa shape index (κ2) is 4.91. The van der Waals surface area contributed by atoms with Crippen molar-refractivity contribution in [2.24, 2.45) is 12.8 Å². The number of nitrogens with one attached hydrogen (secondary N) is 1. The number of nitrogens with zero attached hydrogens (tertiary/aromatic N) is 3. The molecule has 1 aromatic rings. The maximum Gasteiger partial charge on any atom is 0.406 e. The van der Waals surface area contributed by atoms with Gasteiger partial charge < -0.3 is 25.9 Å². The Morgan fingerprint density at radius 2 is 2.50 bits per heavy atom. The molecule has 0 aliphatic heterocycles. The average molecular weight is 255 g/mol. The molecule has 8 nitrogen and oxygen atoms in total. The Labute approximate surface area is 104 Å². The molecule has 0 spiro atoms. The van der Waals surface area contributed by atoms with Gasteiger partial charge in [-0.05, 0) is 23.3 Å². The fourth-order valence-electron chi connectivity index (χ4n) is 2.10. The van der Waals surface area contributed by atoms with Crippen LogP contribution in [0.4, 0.5) is 11.6 Å². The number of anilines is 1. The van der Waals surface area contributed by atoms with Gasteiger partial charge in [-0.2, -0.15) is 0 Å². The molecular formula is C10H17N5O3. The largest absolute Gasteiger partial charge is 0.406 e. The summed E-state index contributed by atoms with van der Waals surface area (Å²) in [4.78, 5) is 14.1. The van der Waals surface area contributed by atoms with E-state index in [1.165, 1.54) is 6.33 Å². The first-order valence-corrected chi connectivity index (χ1v) is 5.84. The Bertz CT molecular complexity index is 445. The molecule has 0 saturated heterocycles. The van der Waals surface area contributed by atoms with E-state index in [4.69, 9.17) is 10.5 Å². The molecule has 0 radical (unpaired) electrons. The van der Waals surface area contributed by atoms with Crippen molar-refractivity contribution in [1.29, 1.82) is 0 Å². The van der Waals surface area contributed by atoms with Gasteiger partial charge in [-0.3, -0.25) is 4.57 Å². The highest BCUT2D eigenvalue weighted by Crippen LogP contribution is 2.29. The van der Waals surface area contributed by atoms with Gasteiger partial charge in [0.15, 0.2) is 0 Å². The van der Waals surface area contributed by atoms with Crippen LogP contribution in [0.5, 0.6) is 0 Å². The fourth-order valence-corrected chi connectivity index (χ4v) is 2.10. The Morgan fingerprint density at radius 1 is 1.78 bits per heavy atom. The van der Waals surface area contributed by atoms with Crippen LogP contribution < -0.4 is 11.1 Å². The molecule has 8 heteroatoms. The number of hydrogen-bond acceptors (Lipinski definition) is 6. The van der Waals surface area contributed by atoms with Crippen LogP contribution in [0.15, 0.2) is 6.33 Å². The quantitative estimate of drug-likeness (QED) is 0.576. The number of rotatable bonds is 5. The van der Waals surface area contributed by atoms with Crippen molar-refractivity contribution in [2.45, 2.75) is 31.5 Å². The van der Waals surface area contributed by atoms with Gasteiger partial charge >= 0.3 is 5.82 Å². The molecule has 1 fully saturated rings. The van der Waals surface area contributed by atoms with Crippen molar-refractivity contribution in [3.63, 3.8) is 0 Å². The molecule has 0 aromatic carbocycles. The highest BCUT2D eigenvalue weighted by atomic mass is 16.6. The van der Waals surface area contributed by atoms with Crippen LogP contribution in [0.25, 0.3) is 0 Å². The minimum absolute atomic E-state index is 0.000459. The summed E-state index contributed by atoms with van der Waals surface area (Å²) >= 11 is 0. The molecule has 1 aromatic heterocycles. The maximum atomic E-state index is 10.8. The highest BCUT2D eigenvalue weighted by molar-refractivity contribution is 5.53. The van der Waals surface area contributed by atoms with Crippen LogP contribution >= 0.6 is 0 Å². The molecule has 1 heterocycles. The summed E-state index contributed by atoms with van der Waals surface area (Å²) < 4.78 is 7.08. The predicted molar refractivity (Wildman–Crippen MR) is 65.3 cm³/mol. The number of aryl methyl sites for hydroxylation is 1. The third-order valence-corrected chi connectivity index (χ3v) is 3.14. The number of aromatic nitrogens is 2. The molecule has 2 rings (SSSR count). The second-order valence-electron chi connectivity index (χ2n) is 4.35. The van der Waals surface area contributed by atoms with Gasteiger partial charge in [0.05, 0.1) is 12.1 Å². The van der Waals surface area contributed by atoms with E-state index in [1.807, 2.05) is 6.92 Å². The first kappa shape index (κ1) is 12.8. The van der Waals surface area contributed by atoms with E-state index in [9.17, 15) is 10.1 Å². The van der Waals surface area contributed by atoms with Crippen molar-refractivity contribution in [1.82, 2.24) is 9.55 Å². The fraction of sp³-hybridized carbons (Fsp3) is 0.700. The van der Waals surface area contributed by atoms with Crippen molar-refractivity contribution >= 4 is 11.6 Å². The average Bonchev–Trinajstić information content (AvgIpc) is 2.67. The van der Waals surface area contributed by atoms with E-state index in [2.05, 4.69) is 10.3 Å². The molecule has 3 unspecified atom stereocenters. The standard InChI is InChI=1S/C10H17N5O3/c1-3-18-7-4-6(11)8(7)13-10-9(15(16)17)12-5-14(10)2/h5-8,13H,3-4,11H2,1-2H3. The van der Waals surface area contributed by atoms with Gasteiger partial charge in [-0.25, -0.2) is 0 Å². The zero-order chi connectivity index (χ0) is 13.3. The van der Waals surface area contributed by atoms with E-state index < -0.39 is 4.92 Å². The van der Waals surface area contributed by atoms with E-state index in [-0.39, 0.29) is 24.0 Å². The third kappa shape index (κ3) is 2.16. The van der Waals surface area contributed by atoms with Crippen LogP contribution in [-0.2, 0) is 11.8 Å². The van der Waals surface area contributed by atoms with E-state index >= 15 is 0 Å². The number of ether oxygens (including phenoxy) is 1. The number of nitro groups is 1. The van der Waals surface area contributed by atoms with Crippen molar-refractivity contribution in [3.05, 3.63) is 16.4 Å². The van der Waals surface area contributed by atoms with Gasteiger partial charge in [-0.1, -0.05) is 0 Å². The van der Waals surface area contributed by atoms with Crippen LogP contribution in [-0.4, -0.2) is 39.3 Å². The number of hydrogen-bond donors (Lipinski definition) is 2. The molecule has 1 aliphatic carbocycles. The lowest BCUT2D eigenvalue weighted by Crippen LogP contribution is -2.60. The van der Waals surface area contributed by atoms with E-state index in [0.717, 1.165) is 6.42 Å². The molecule has 1 saturated carbocycles. The first-order chi connectivity index (χ1) is 8.54. The van der Waals surface area contributed by atoms with Gasteiger partial charge in [-0.15, -0.1) is 0 Å². The minimum Gasteiger partial charge on any atom is -0.376 e. The third-order valence-electron chi connectivity index (χ3n) is 3.14. The van der Waals surface area contributed by atoms with E-state index in [0.29, 0.717) is 12.4 Å². The lowest BCUT2D eigenvalue weighted by molar-refractivity contribution is -0.388. The second-order valence-corrected chi connectivity index (χ2v) is 4.35. The topological polar surface area (TPSA) is 108 Å². The van der Waals surface area contributed by atoms with Crippen molar-refractivity contribution in [2.75, 3.05) is 11.9 Å². The molecule has 0 amide bonds. The summed E-state index contributed by atoms with van der Waals surface area (Å²) in [5, 5.41) is 13.9. The monoisotopic (exact) mass is 255 g/mol. The summed E-state index contributed by atoms with van der Waals surface area (Å²) in [6, 6.07) is -0.171. The molecule has 100 valence electrons. The first-order valence-electron chi connectivity index (χ1n) is 5.84. The van der Waals surface area contributed by atoms with Crippen LogP contribution in [0.1, 0.15) is 13.3 Å². The van der Waals surface area contributed by atoms with Gasteiger partial charge in [0.1, 0.15) is 0 Å². The lowest BCUT2D eigenvalue weighted by atomic mass is 9.83. The molecular weight excluding hydrogens is 238 g/mol. The molecule has 1 aliphatic rings. The summed E-state index contributed by atoms with van der Waals surface area (Å²) in [7, 11) is 1.70. The summed E-state index contributed by atoms with van der Waals surface area (Å²) in [5.41, 5.74) is 5.89. The van der Waals surface area contributed by atoms with Crippen molar-refractivity contribution < 1.29 is 9.66 Å². The molecule has 3 atom stereocenters. The summed E-state index contributed by atoms with van der Waals surface area (Å²) in [5.74, 6) is 0.178. The van der Waals surface area contributed by atoms with Crippen molar-refractivity contribution in [3.8, 4) is 0 Å². The maximum absolute atomic E-state index is 10.8. The van der Waals surface area contributed by atoms with Crippen LogP contribution in [0, 0.1) is 10.1 Å². The smallest absolute Gasteiger partial charge is 0.376 e. The Hall–Kier alpha value is -1.67. The zero-order valence-corrected chi connectivity index (χ0v) is 10.4. The SMILES string of the molecule is CCOC1CC(N)C1Nc1c([N+](=O)[O-])ncn1C. The number of imidazole rings is 1. The normalized spacial score (nSPS) is 26.7. The van der Waals surface area contributed by atoms with Gasteiger partial charge in [0, 0.05) is 19.7 Å². The van der Waals surface area contributed by atoms with E-state index in [1.54, 1.807) is 11.6 Å². The Kier molecular flexibility index (Phi) is 3.48. The van der Waals surface area contributed by atoms with Crippen LogP contribution in [0.3, 0.4) is 0 Å². The van der Waals surface area contributed by atoms with Gasteiger partial charge in [0.25, 0.3) is 0 Å². The predicted octanol–water partition coefficient (Wildman–Crippen LogP) is 0.245. The minimum atomic E-state index is -0.512. The zero-order valence-electron chi connectivity index (χ0n) is 10.4.